The van der Waals surface area contributed by atoms with Crippen LogP contribution < -0.4 is 0 Å². The lowest BCUT2D eigenvalue weighted by atomic mass is 10.1. The molecule has 1 aliphatic heterocycles. The van der Waals surface area contributed by atoms with E-state index in [0.717, 1.165) is 30.4 Å². The van der Waals surface area contributed by atoms with E-state index >= 15 is 0 Å². The van der Waals surface area contributed by atoms with Crippen molar-refractivity contribution in [2.45, 2.75) is 57.7 Å². The summed E-state index contributed by atoms with van der Waals surface area (Å²) in [6.45, 7) is 5.05. The van der Waals surface area contributed by atoms with Crippen molar-refractivity contribution < 1.29 is 4.79 Å². The largest absolute Gasteiger partial charge is 0.306 e. The number of nitrogens with zero attached hydrogens (tertiary/aromatic N) is 3. The van der Waals surface area contributed by atoms with Gasteiger partial charge in [0.05, 0.1) is 5.75 Å². The van der Waals surface area contributed by atoms with Crippen LogP contribution in [0.3, 0.4) is 0 Å². The van der Waals surface area contributed by atoms with Crippen LogP contribution in [0.25, 0.3) is 0 Å². The molecule has 0 spiro atoms. The van der Waals surface area contributed by atoms with Gasteiger partial charge in [0.2, 0.25) is 0 Å². The molecule has 0 aromatic carbocycles. The normalized spacial score (nSPS) is 17.0. The maximum atomic E-state index is 11.8. The van der Waals surface area contributed by atoms with Crippen LogP contribution in [-0.2, 0) is 17.8 Å². The summed E-state index contributed by atoms with van der Waals surface area (Å²) in [4.78, 5) is 11.8. The Kier molecular flexibility index (Phi) is 4.80. The lowest BCUT2D eigenvalue weighted by Gasteiger charge is -2.08. The molecule has 5 heteroatoms. The molecule has 1 aliphatic rings. The number of carbonyl (C=O) groups excluding carboxylic acids is 1. The van der Waals surface area contributed by atoms with Crippen molar-refractivity contribution in [1.82, 2.24) is 14.8 Å². The Hall–Kier alpha value is -0.840. The first-order chi connectivity index (χ1) is 8.72. The Balaban J connectivity index is 1.98. The van der Waals surface area contributed by atoms with Gasteiger partial charge in [-0.25, -0.2) is 0 Å². The van der Waals surface area contributed by atoms with Crippen LogP contribution in [0, 0.1) is 5.92 Å². The van der Waals surface area contributed by atoms with Gasteiger partial charge >= 0.3 is 0 Å². The van der Waals surface area contributed by atoms with Gasteiger partial charge in [0, 0.05) is 18.9 Å². The fraction of sp³-hybridized carbons (Fsp3) is 0.769. The molecule has 0 radical (unpaired) electrons. The van der Waals surface area contributed by atoms with E-state index in [0.29, 0.717) is 11.5 Å². The molecule has 18 heavy (non-hydrogen) atoms. The lowest BCUT2D eigenvalue weighted by Crippen LogP contribution is -2.13. The third-order valence-corrected chi connectivity index (χ3v) is 4.57. The van der Waals surface area contributed by atoms with Crippen LogP contribution in [-0.4, -0.2) is 26.3 Å². The maximum absolute atomic E-state index is 11.8. The van der Waals surface area contributed by atoms with Crippen LogP contribution >= 0.6 is 11.8 Å². The molecule has 0 fully saturated rings. The summed E-state index contributed by atoms with van der Waals surface area (Å²) in [6, 6.07) is 0. The minimum atomic E-state index is 0.157. The molecule has 100 valence electrons. The van der Waals surface area contributed by atoms with E-state index < -0.39 is 0 Å². The molecule has 0 saturated carbocycles. The highest BCUT2D eigenvalue weighted by molar-refractivity contribution is 7.99. The minimum absolute atomic E-state index is 0.157. The van der Waals surface area contributed by atoms with Crippen molar-refractivity contribution in [1.29, 1.82) is 0 Å². The number of hydrogen-bond acceptors (Lipinski definition) is 4. The maximum Gasteiger partial charge on any atom is 0.191 e. The third kappa shape index (κ3) is 3.13. The van der Waals surface area contributed by atoms with Gasteiger partial charge in [-0.05, 0) is 19.3 Å². The predicted octanol–water partition coefficient (Wildman–Crippen LogP) is 2.71. The van der Waals surface area contributed by atoms with E-state index in [2.05, 4.69) is 21.7 Å². The van der Waals surface area contributed by atoms with Crippen molar-refractivity contribution in [3.63, 3.8) is 0 Å². The van der Waals surface area contributed by atoms with E-state index in [-0.39, 0.29) is 5.92 Å². The standard InChI is InChI=1S/C13H21N3OS/c1-3-10(2)11(17)9-18-13-15-14-12-7-5-4-6-8-16(12)13/h10H,3-9H2,1-2H3. The number of carbonyl (C=O) groups is 1. The summed E-state index contributed by atoms with van der Waals surface area (Å²) >= 11 is 1.54. The first-order valence-corrected chi connectivity index (χ1v) is 7.78. The highest BCUT2D eigenvalue weighted by Gasteiger charge is 2.17. The van der Waals surface area contributed by atoms with E-state index in [1.165, 1.54) is 19.3 Å². The number of ketones is 1. The fourth-order valence-electron chi connectivity index (χ4n) is 2.07. The number of thioether (sulfide) groups is 1. The summed E-state index contributed by atoms with van der Waals surface area (Å²) in [5, 5.41) is 9.38. The Bertz CT molecular complexity index is 416. The van der Waals surface area contributed by atoms with Gasteiger partial charge in [0.1, 0.15) is 11.6 Å². The van der Waals surface area contributed by atoms with Crippen LogP contribution in [0.5, 0.6) is 0 Å². The Morgan fingerprint density at radius 1 is 1.39 bits per heavy atom. The van der Waals surface area contributed by atoms with Gasteiger partial charge in [-0.1, -0.05) is 32.0 Å². The molecule has 1 aromatic rings. The second-order valence-corrected chi connectivity index (χ2v) is 5.87. The average molecular weight is 267 g/mol. The van der Waals surface area contributed by atoms with E-state index in [1.807, 2.05) is 6.92 Å². The molecule has 1 unspecified atom stereocenters. The molecular formula is C13H21N3OS. The first kappa shape index (κ1) is 13.6. The summed E-state index contributed by atoms with van der Waals surface area (Å²) < 4.78 is 2.20. The number of aromatic nitrogens is 3. The molecule has 0 saturated heterocycles. The molecule has 0 N–H and O–H groups in total. The van der Waals surface area contributed by atoms with E-state index in [9.17, 15) is 4.79 Å². The zero-order chi connectivity index (χ0) is 13.0. The van der Waals surface area contributed by atoms with Crippen molar-refractivity contribution in [3.8, 4) is 0 Å². The van der Waals surface area contributed by atoms with Crippen LogP contribution in [0.2, 0.25) is 0 Å². The topological polar surface area (TPSA) is 47.8 Å². The SMILES string of the molecule is CCC(C)C(=O)CSc1nnc2n1CCCCC2. The molecule has 1 atom stereocenters. The molecule has 2 heterocycles. The second kappa shape index (κ2) is 6.36. The smallest absolute Gasteiger partial charge is 0.191 e. The van der Waals surface area contributed by atoms with Gasteiger partial charge < -0.3 is 4.57 Å². The van der Waals surface area contributed by atoms with Gasteiger partial charge in [0.15, 0.2) is 5.16 Å². The van der Waals surface area contributed by atoms with Gasteiger partial charge in [-0.3, -0.25) is 4.79 Å². The Morgan fingerprint density at radius 3 is 3.00 bits per heavy atom. The summed E-state index contributed by atoms with van der Waals surface area (Å²) in [5.41, 5.74) is 0. The second-order valence-electron chi connectivity index (χ2n) is 4.93. The van der Waals surface area contributed by atoms with Gasteiger partial charge in [-0.15, -0.1) is 10.2 Å². The zero-order valence-electron chi connectivity index (χ0n) is 11.2. The van der Waals surface area contributed by atoms with Crippen molar-refractivity contribution in [3.05, 3.63) is 5.82 Å². The molecule has 0 amide bonds. The molecule has 0 bridgehead atoms. The quantitative estimate of drug-likeness (QED) is 0.770. The molecule has 4 nitrogen and oxygen atoms in total. The number of Topliss-reactive ketones (excluding diaryl/α,β-unsaturated/α-hetero) is 1. The summed E-state index contributed by atoms with van der Waals surface area (Å²) in [7, 11) is 0. The first-order valence-electron chi connectivity index (χ1n) is 6.80. The summed E-state index contributed by atoms with van der Waals surface area (Å²) in [5.74, 6) is 2.08. The highest BCUT2D eigenvalue weighted by atomic mass is 32.2. The minimum Gasteiger partial charge on any atom is -0.306 e. The van der Waals surface area contributed by atoms with Crippen molar-refractivity contribution in [2.24, 2.45) is 5.92 Å². The number of fused-ring (bicyclic) bond motifs is 1. The average Bonchev–Trinajstić information content (AvgIpc) is 2.62. The molecule has 0 aliphatic carbocycles. The lowest BCUT2D eigenvalue weighted by molar-refractivity contribution is -0.119. The molecular weight excluding hydrogens is 246 g/mol. The van der Waals surface area contributed by atoms with Gasteiger partial charge in [0.25, 0.3) is 0 Å². The highest BCUT2D eigenvalue weighted by Crippen LogP contribution is 2.22. The third-order valence-electron chi connectivity index (χ3n) is 3.58. The number of aryl methyl sites for hydroxylation is 1. The molecule has 2 rings (SSSR count). The number of rotatable bonds is 5. The van der Waals surface area contributed by atoms with Gasteiger partial charge in [-0.2, -0.15) is 0 Å². The van der Waals surface area contributed by atoms with E-state index in [4.69, 9.17) is 0 Å². The van der Waals surface area contributed by atoms with Crippen LogP contribution in [0.1, 0.15) is 45.4 Å². The Morgan fingerprint density at radius 2 is 2.22 bits per heavy atom. The van der Waals surface area contributed by atoms with Crippen LogP contribution in [0.4, 0.5) is 0 Å². The van der Waals surface area contributed by atoms with Crippen molar-refractivity contribution in [2.75, 3.05) is 5.75 Å². The summed E-state index contributed by atoms with van der Waals surface area (Å²) in [6.07, 6.45) is 5.59. The van der Waals surface area contributed by atoms with Crippen LogP contribution in [0.15, 0.2) is 5.16 Å². The van der Waals surface area contributed by atoms with E-state index in [1.54, 1.807) is 11.8 Å². The zero-order valence-corrected chi connectivity index (χ0v) is 12.0. The predicted molar refractivity (Wildman–Crippen MR) is 72.8 cm³/mol. The fourth-order valence-corrected chi connectivity index (χ4v) is 3.08. The Labute approximate surface area is 113 Å². The molecule has 1 aromatic heterocycles. The monoisotopic (exact) mass is 267 g/mol. The number of hydrogen-bond donors (Lipinski definition) is 0. The van der Waals surface area contributed by atoms with Crippen molar-refractivity contribution >= 4 is 17.5 Å².